The lowest BCUT2D eigenvalue weighted by molar-refractivity contribution is -0.137. The number of nitrogens with one attached hydrogen (secondary N) is 2. The van der Waals surface area contributed by atoms with Crippen molar-refractivity contribution in [3.8, 4) is 0 Å². The van der Waals surface area contributed by atoms with E-state index in [0.717, 1.165) is 25.0 Å². The average molecular weight is 419 g/mol. The molecule has 1 unspecified atom stereocenters. The third kappa shape index (κ3) is 6.30. The monoisotopic (exact) mass is 418 g/mol. The summed E-state index contributed by atoms with van der Waals surface area (Å²) in [5.41, 5.74) is -1.06. The minimum absolute atomic E-state index is 0.0756. The van der Waals surface area contributed by atoms with E-state index in [0.29, 0.717) is 12.8 Å². The number of hydrogen-bond acceptors (Lipinski definition) is 3. The Bertz CT molecular complexity index is 721. The molecule has 28 heavy (non-hydrogen) atoms. The zero-order valence-corrected chi connectivity index (χ0v) is 17.6. The summed E-state index contributed by atoms with van der Waals surface area (Å²) in [5, 5.41) is 6.12. The molecule has 0 radical (unpaired) electrons. The highest BCUT2D eigenvalue weighted by Crippen LogP contribution is 2.37. The zero-order chi connectivity index (χ0) is 21.2. The lowest BCUT2D eigenvalue weighted by atomic mass is 9.86. The van der Waals surface area contributed by atoms with Gasteiger partial charge in [-0.2, -0.15) is 13.2 Å². The first kappa shape index (κ1) is 22.9. The smallest absolute Gasteiger partial charge is 0.350 e. The van der Waals surface area contributed by atoms with Gasteiger partial charge < -0.3 is 10.6 Å². The standard InChI is InChI=1S/C20H29F3N2O2S/c1-18(2,3)25-17(26)13-24-15-8-10-19(4,11-9-15)28(27)16-7-5-6-14(12-16)20(21,22)23/h5-7,12,15,24H,8-11,13H2,1-4H3,(H,25,26). The van der Waals surface area contributed by atoms with Crippen molar-refractivity contribution in [2.24, 2.45) is 0 Å². The van der Waals surface area contributed by atoms with Crippen LogP contribution in [0.25, 0.3) is 0 Å². The van der Waals surface area contributed by atoms with Crippen LogP contribution in [0.4, 0.5) is 13.2 Å². The molecule has 1 aromatic rings. The average Bonchev–Trinajstić information content (AvgIpc) is 2.58. The number of alkyl halides is 3. The molecule has 1 amide bonds. The largest absolute Gasteiger partial charge is 0.416 e. The van der Waals surface area contributed by atoms with Gasteiger partial charge in [-0.05, 0) is 71.6 Å². The first-order chi connectivity index (χ1) is 12.8. The van der Waals surface area contributed by atoms with Crippen molar-refractivity contribution in [2.75, 3.05) is 6.54 Å². The molecule has 8 heteroatoms. The fraction of sp³-hybridized carbons (Fsp3) is 0.650. The van der Waals surface area contributed by atoms with Crippen LogP contribution in [0, 0.1) is 0 Å². The van der Waals surface area contributed by atoms with Crippen LogP contribution >= 0.6 is 0 Å². The van der Waals surface area contributed by atoms with E-state index in [1.165, 1.54) is 12.1 Å². The van der Waals surface area contributed by atoms with E-state index in [1.54, 1.807) is 0 Å². The lowest BCUT2D eigenvalue weighted by Gasteiger charge is -2.37. The maximum Gasteiger partial charge on any atom is 0.416 e. The predicted molar refractivity (Wildman–Crippen MR) is 104 cm³/mol. The Labute approximate surface area is 167 Å². The summed E-state index contributed by atoms with van der Waals surface area (Å²) < 4.78 is 51.2. The van der Waals surface area contributed by atoms with Gasteiger partial charge >= 0.3 is 6.18 Å². The third-order valence-corrected chi connectivity index (χ3v) is 6.92. The van der Waals surface area contributed by atoms with E-state index in [4.69, 9.17) is 0 Å². The Morgan fingerprint density at radius 2 is 1.82 bits per heavy atom. The van der Waals surface area contributed by atoms with Gasteiger partial charge in [0, 0.05) is 21.2 Å². The Hall–Kier alpha value is -1.41. The van der Waals surface area contributed by atoms with Gasteiger partial charge in [0.2, 0.25) is 5.91 Å². The summed E-state index contributed by atoms with van der Waals surface area (Å²) in [5.74, 6) is -0.0756. The van der Waals surface area contributed by atoms with Crippen LogP contribution in [0.5, 0.6) is 0 Å². The molecule has 0 saturated heterocycles. The molecule has 1 aliphatic carbocycles. The highest BCUT2D eigenvalue weighted by Gasteiger charge is 2.38. The normalized spacial score (nSPS) is 24.6. The Balaban J connectivity index is 1.94. The first-order valence-corrected chi connectivity index (χ1v) is 10.6. The highest BCUT2D eigenvalue weighted by atomic mass is 32.2. The summed E-state index contributed by atoms with van der Waals surface area (Å²) >= 11 is 0. The minimum Gasteiger partial charge on any atom is -0.350 e. The van der Waals surface area contributed by atoms with E-state index in [2.05, 4.69) is 10.6 Å². The molecular weight excluding hydrogens is 389 g/mol. The number of benzene rings is 1. The van der Waals surface area contributed by atoms with E-state index in [-0.39, 0.29) is 28.9 Å². The van der Waals surface area contributed by atoms with Crippen molar-refractivity contribution in [3.63, 3.8) is 0 Å². The maximum absolute atomic E-state index is 13.0. The number of hydrogen-bond donors (Lipinski definition) is 2. The van der Waals surface area contributed by atoms with Gasteiger partial charge in [0.05, 0.1) is 22.9 Å². The molecule has 0 heterocycles. The van der Waals surface area contributed by atoms with E-state index in [9.17, 15) is 22.2 Å². The lowest BCUT2D eigenvalue weighted by Crippen LogP contribution is -2.48. The third-order valence-electron chi connectivity index (χ3n) is 4.93. The SMILES string of the molecule is CC(C)(C)NC(=O)CNC1CCC(C)(S(=O)c2cccc(C(F)(F)F)c2)CC1. The molecule has 4 nitrogen and oxygen atoms in total. The number of carbonyl (C=O) groups is 1. The van der Waals surface area contributed by atoms with E-state index >= 15 is 0 Å². The van der Waals surface area contributed by atoms with Gasteiger partial charge in [0.1, 0.15) is 0 Å². The molecule has 2 N–H and O–H groups in total. The molecule has 2 rings (SSSR count). The molecule has 158 valence electrons. The maximum atomic E-state index is 13.0. The van der Waals surface area contributed by atoms with E-state index in [1.807, 2.05) is 27.7 Å². The number of halogens is 3. The fourth-order valence-corrected chi connectivity index (χ4v) is 5.00. The van der Waals surface area contributed by atoms with Gasteiger partial charge in [-0.1, -0.05) is 6.07 Å². The molecule has 1 aliphatic rings. The second-order valence-electron chi connectivity index (χ2n) is 8.70. The summed E-state index contributed by atoms with van der Waals surface area (Å²) in [4.78, 5) is 12.1. The van der Waals surface area contributed by atoms with Crippen molar-refractivity contribution in [2.45, 2.75) is 80.8 Å². The summed E-state index contributed by atoms with van der Waals surface area (Å²) in [7, 11) is -1.53. The van der Waals surface area contributed by atoms with Crippen LogP contribution in [0.1, 0.15) is 58.9 Å². The topological polar surface area (TPSA) is 58.2 Å². The molecule has 1 aromatic carbocycles. The summed E-state index contributed by atoms with van der Waals surface area (Å²) in [6.07, 6.45) is -1.76. The highest BCUT2D eigenvalue weighted by molar-refractivity contribution is 7.86. The Kier molecular flexibility index (Phi) is 6.97. The van der Waals surface area contributed by atoms with Crippen molar-refractivity contribution in [3.05, 3.63) is 29.8 Å². The quantitative estimate of drug-likeness (QED) is 0.759. The minimum atomic E-state index is -4.45. The van der Waals surface area contributed by atoms with Gasteiger partial charge in [0.15, 0.2) is 0 Å². The first-order valence-electron chi connectivity index (χ1n) is 9.44. The molecule has 1 atom stereocenters. The molecular formula is C20H29F3N2O2S. The van der Waals surface area contributed by atoms with Crippen LogP contribution in [-0.2, 0) is 21.8 Å². The van der Waals surface area contributed by atoms with Crippen molar-refractivity contribution < 1.29 is 22.2 Å². The number of carbonyl (C=O) groups excluding carboxylic acids is 1. The van der Waals surface area contributed by atoms with Crippen LogP contribution < -0.4 is 10.6 Å². The van der Waals surface area contributed by atoms with Crippen LogP contribution in [-0.4, -0.2) is 33.0 Å². The summed E-state index contributed by atoms with van der Waals surface area (Å²) in [6.45, 7) is 7.83. The molecule has 0 bridgehead atoms. The molecule has 1 fully saturated rings. The second-order valence-corrected chi connectivity index (χ2v) is 10.7. The molecule has 0 aliphatic heterocycles. The van der Waals surface area contributed by atoms with E-state index < -0.39 is 27.3 Å². The number of amides is 1. The Morgan fingerprint density at radius 1 is 1.21 bits per heavy atom. The van der Waals surface area contributed by atoms with Crippen LogP contribution in [0.15, 0.2) is 29.2 Å². The number of rotatable bonds is 5. The van der Waals surface area contributed by atoms with Crippen molar-refractivity contribution in [1.29, 1.82) is 0 Å². The van der Waals surface area contributed by atoms with Crippen molar-refractivity contribution >= 4 is 16.7 Å². The predicted octanol–water partition coefficient (Wildman–Crippen LogP) is 4.02. The van der Waals surface area contributed by atoms with Gasteiger partial charge in [-0.25, -0.2) is 0 Å². The fourth-order valence-electron chi connectivity index (χ4n) is 3.39. The van der Waals surface area contributed by atoms with Gasteiger partial charge in [-0.15, -0.1) is 0 Å². The Morgan fingerprint density at radius 3 is 2.36 bits per heavy atom. The van der Waals surface area contributed by atoms with Gasteiger partial charge in [-0.3, -0.25) is 9.00 Å². The second kappa shape index (κ2) is 8.53. The molecule has 0 spiro atoms. The van der Waals surface area contributed by atoms with Crippen LogP contribution in [0.3, 0.4) is 0 Å². The molecule has 1 saturated carbocycles. The van der Waals surface area contributed by atoms with Gasteiger partial charge in [0.25, 0.3) is 0 Å². The summed E-state index contributed by atoms with van der Waals surface area (Å²) in [6, 6.07) is 4.92. The van der Waals surface area contributed by atoms with Crippen LogP contribution in [0.2, 0.25) is 0 Å². The van der Waals surface area contributed by atoms with Crippen molar-refractivity contribution in [1.82, 2.24) is 10.6 Å². The molecule has 0 aromatic heterocycles. The zero-order valence-electron chi connectivity index (χ0n) is 16.8.